The third-order valence-corrected chi connectivity index (χ3v) is 2.86. The molecule has 0 saturated carbocycles. The molecule has 2 aromatic rings. The molecule has 2 nitrogen and oxygen atoms in total. The first-order valence-electron chi connectivity index (χ1n) is 5.26. The summed E-state index contributed by atoms with van der Waals surface area (Å²) < 4.78 is 0.988. The van der Waals surface area contributed by atoms with Crippen molar-refractivity contribution in [1.29, 1.82) is 0 Å². The van der Waals surface area contributed by atoms with Gasteiger partial charge in [-0.05, 0) is 46.1 Å². The van der Waals surface area contributed by atoms with Crippen molar-refractivity contribution in [3.05, 3.63) is 52.6 Å². The number of halogens is 1. The van der Waals surface area contributed by atoms with Crippen LogP contribution in [0.4, 0.5) is 11.5 Å². The zero-order chi connectivity index (χ0) is 11.4. The number of nitrogens with one attached hydrogen (secondary N) is 1. The largest absolute Gasteiger partial charge is 0.340 e. The van der Waals surface area contributed by atoms with E-state index in [1.807, 2.05) is 18.2 Å². The average molecular weight is 277 g/mol. The van der Waals surface area contributed by atoms with E-state index in [0.29, 0.717) is 0 Å². The van der Waals surface area contributed by atoms with Gasteiger partial charge in [0.1, 0.15) is 5.82 Å². The molecule has 0 bridgehead atoms. The van der Waals surface area contributed by atoms with Crippen LogP contribution in [-0.2, 0) is 6.42 Å². The van der Waals surface area contributed by atoms with E-state index in [1.165, 1.54) is 5.56 Å². The standard InChI is InChI=1S/C13H13BrN2/c1-2-10-5-3-4-6-12(10)16-13-8-7-11(14)9-15-13/h3-9H,2H2,1H3,(H,15,16). The number of rotatable bonds is 3. The van der Waals surface area contributed by atoms with Gasteiger partial charge >= 0.3 is 0 Å². The molecule has 0 amide bonds. The molecule has 0 spiro atoms. The summed E-state index contributed by atoms with van der Waals surface area (Å²) in [6, 6.07) is 12.2. The van der Waals surface area contributed by atoms with Crippen molar-refractivity contribution in [2.45, 2.75) is 13.3 Å². The fraction of sp³-hybridized carbons (Fsp3) is 0.154. The van der Waals surface area contributed by atoms with Crippen molar-refractivity contribution in [3.63, 3.8) is 0 Å². The highest BCUT2D eigenvalue weighted by Crippen LogP contribution is 2.20. The van der Waals surface area contributed by atoms with Crippen molar-refractivity contribution in [2.24, 2.45) is 0 Å². The molecule has 1 aromatic carbocycles. The number of para-hydroxylation sites is 1. The third kappa shape index (κ3) is 2.61. The molecule has 1 heterocycles. The quantitative estimate of drug-likeness (QED) is 0.911. The van der Waals surface area contributed by atoms with E-state index in [4.69, 9.17) is 0 Å². The molecule has 3 heteroatoms. The van der Waals surface area contributed by atoms with Crippen molar-refractivity contribution in [1.82, 2.24) is 4.98 Å². The lowest BCUT2D eigenvalue weighted by Gasteiger charge is -2.09. The second-order valence-electron chi connectivity index (χ2n) is 3.50. The molecule has 0 aliphatic heterocycles. The Labute approximate surface area is 104 Å². The Kier molecular flexibility index (Phi) is 3.57. The van der Waals surface area contributed by atoms with Gasteiger partial charge in [0, 0.05) is 16.4 Å². The lowest BCUT2D eigenvalue weighted by Crippen LogP contribution is -1.96. The number of nitrogens with zero attached hydrogens (tertiary/aromatic N) is 1. The first kappa shape index (κ1) is 11.1. The minimum Gasteiger partial charge on any atom is -0.340 e. The Hall–Kier alpha value is -1.35. The normalized spacial score (nSPS) is 10.1. The summed E-state index contributed by atoms with van der Waals surface area (Å²) in [5, 5.41) is 3.32. The van der Waals surface area contributed by atoms with Gasteiger partial charge in [0.05, 0.1) is 0 Å². The summed E-state index contributed by atoms with van der Waals surface area (Å²) in [6.07, 6.45) is 2.80. The first-order valence-corrected chi connectivity index (χ1v) is 6.05. The smallest absolute Gasteiger partial charge is 0.130 e. The number of hydrogen-bond acceptors (Lipinski definition) is 2. The van der Waals surface area contributed by atoms with Gasteiger partial charge < -0.3 is 5.32 Å². The number of aromatic nitrogens is 1. The van der Waals surface area contributed by atoms with Gasteiger partial charge in [-0.2, -0.15) is 0 Å². The van der Waals surface area contributed by atoms with E-state index in [-0.39, 0.29) is 0 Å². The summed E-state index contributed by atoms with van der Waals surface area (Å²) in [6.45, 7) is 2.15. The molecule has 0 fully saturated rings. The Balaban J connectivity index is 2.23. The van der Waals surface area contributed by atoms with E-state index in [1.54, 1.807) is 6.20 Å². The van der Waals surface area contributed by atoms with E-state index < -0.39 is 0 Å². The number of anilines is 2. The molecule has 0 atom stereocenters. The summed E-state index contributed by atoms with van der Waals surface area (Å²) in [7, 11) is 0. The molecule has 82 valence electrons. The van der Waals surface area contributed by atoms with E-state index in [0.717, 1.165) is 22.4 Å². The van der Waals surface area contributed by atoms with Crippen LogP contribution < -0.4 is 5.32 Å². The maximum atomic E-state index is 4.29. The molecule has 0 saturated heterocycles. The number of pyridine rings is 1. The second-order valence-corrected chi connectivity index (χ2v) is 4.41. The van der Waals surface area contributed by atoms with Crippen LogP contribution in [0, 0.1) is 0 Å². The topological polar surface area (TPSA) is 24.9 Å². The highest BCUT2D eigenvalue weighted by Gasteiger charge is 2.00. The maximum Gasteiger partial charge on any atom is 0.130 e. The van der Waals surface area contributed by atoms with Crippen LogP contribution >= 0.6 is 15.9 Å². The summed E-state index contributed by atoms with van der Waals surface area (Å²) in [5.41, 5.74) is 2.42. The highest BCUT2D eigenvalue weighted by atomic mass is 79.9. The molecule has 0 unspecified atom stereocenters. The van der Waals surface area contributed by atoms with E-state index in [2.05, 4.69) is 51.4 Å². The van der Waals surface area contributed by atoms with Crippen molar-refractivity contribution < 1.29 is 0 Å². The molecule has 0 aliphatic rings. The molecule has 1 N–H and O–H groups in total. The van der Waals surface area contributed by atoms with Crippen LogP contribution in [-0.4, -0.2) is 4.98 Å². The molecule has 0 radical (unpaired) electrons. The maximum absolute atomic E-state index is 4.29. The van der Waals surface area contributed by atoms with Gasteiger partial charge in [0.15, 0.2) is 0 Å². The van der Waals surface area contributed by atoms with Crippen LogP contribution in [0.1, 0.15) is 12.5 Å². The van der Waals surface area contributed by atoms with Crippen molar-refractivity contribution >= 4 is 27.4 Å². The lowest BCUT2D eigenvalue weighted by molar-refractivity contribution is 1.14. The van der Waals surface area contributed by atoms with Gasteiger partial charge in [-0.1, -0.05) is 25.1 Å². The SMILES string of the molecule is CCc1ccccc1Nc1ccc(Br)cn1. The first-order chi connectivity index (χ1) is 7.79. The molecule has 1 aromatic heterocycles. The Morgan fingerprint density at radius 3 is 2.69 bits per heavy atom. The number of aryl methyl sites for hydroxylation is 1. The fourth-order valence-corrected chi connectivity index (χ4v) is 1.77. The van der Waals surface area contributed by atoms with Crippen molar-refractivity contribution in [2.75, 3.05) is 5.32 Å². The summed E-state index contributed by atoms with van der Waals surface area (Å²) >= 11 is 3.37. The number of benzene rings is 1. The lowest BCUT2D eigenvalue weighted by atomic mass is 10.1. The van der Waals surface area contributed by atoms with Crippen LogP contribution in [0.25, 0.3) is 0 Å². The highest BCUT2D eigenvalue weighted by molar-refractivity contribution is 9.10. The Morgan fingerprint density at radius 1 is 1.19 bits per heavy atom. The van der Waals surface area contributed by atoms with Crippen LogP contribution in [0.3, 0.4) is 0 Å². The zero-order valence-electron chi connectivity index (χ0n) is 9.07. The average Bonchev–Trinajstić information content (AvgIpc) is 2.33. The molecular formula is C13H13BrN2. The van der Waals surface area contributed by atoms with Gasteiger partial charge in [0.2, 0.25) is 0 Å². The molecule has 2 rings (SSSR count). The third-order valence-electron chi connectivity index (χ3n) is 2.39. The summed E-state index contributed by atoms with van der Waals surface area (Å²) in [5.74, 6) is 0.865. The predicted molar refractivity (Wildman–Crippen MR) is 71.0 cm³/mol. The minimum absolute atomic E-state index is 0.865. The van der Waals surface area contributed by atoms with Gasteiger partial charge in [-0.15, -0.1) is 0 Å². The second kappa shape index (κ2) is 5.12. The zero-order valence-corrected chi connectivity index (χ0v) is 10.7. The Bertz CT molecular complexity index is 466. The van der Waals surface area contributed by atoms with E-state index in [9.17, 15) is 0 Å². The Morgan fingerprint density at radius 2 is 2.00 bits per heavy atom. The van der Waals surface area contributed by atoms with Gasteiger partial charge in [-0.3, -0.25) is 0 Å². The monoisotopic (exact) mass is 276 g/mol. The van der Waals surface area contributed by atoms with Crippen LogP contribution in [0.15, 0.2) is 47.1 Å². The predicted octanol–water partition coefficient (Wildman–Crippen LogP) is 4.15. The molecular weight excluding hydrogens is 264 g/mol. The van der Waals surface area contributed by atoms with E-state index >= 15 is 0 Å². The van der Waals surface area contributed by atoms with Gasteiger partial charge in [0.25, 0.3) is 0 Å². The molecule has 16 heavy (non-hydrogen) atoms. The number of hydrogen-bond donors (Lipinski definition) is 1. The van der Waals surface area contributed by atoms with Crippen LogP contribution in [0.5, 0.6) is 0 Å². The van der Waals surface area contributed by atoms with Crippen LogP contribution in [0.2, 0.25) is 0 Å². The van der Waals surface area contributed by atoms with Gasteiger partial charge in [-0.25, -0.2) is 4.98 Å². The fourth-order valence-electron chi connectivity index (χ4n) is 1.54. The molecule has 0 aliphatic carbocycles. The minimum atomic E-state index is 0.865. The summed E-state index contributed by atoms with van der Waals surface area (Å²) in [4.78, 5) is 4.29. The van der Waals surface area contributed by atoms with Crippen molar-refractivity contribution in [3.8, 4) is 0 Å².